The molecule has 1 aromatic rings. The Balaban J connectivity index is 1.60. The van der Waals surface area contributed by atoms with Gasteiger partial charge in [0.2, 0.25) is 5.90 Å². The first-order valence-electron chi connectivity index (χ1n) is 8.93. The van der Waals surface area contributed by atoms with Gasteiger partial charge in [-0.3, -0.25) is 0 Å². The van der Waals surface area contributed by atoms with Crippen molar-refractivity contribution in [3.8, 4) is 0 Å². The van der Waals surface area contributed by atoms with Gasteiger partial charge in [-0.25, -0.2) is 9.79 Å². The summed E-state index contributed by atoms with van der Waals surface area (Å²) in [6, 6.07) is 8.30. The smallest absolute Gasteiger partial charge is 0.410 e. The summed E-state index contributed by atoms with van der Waals surface area (Å²) in [6.07, 6.45) is 0.706. The first-order valence-corrected chi connectivity index (χ1v) is 8.93. The molecule has 0 radical (unpaired) electrons. The molecule has 0 saturated carbocycles. The maximum atomic E-state index is 12.3. The van der Waals surface area contributed by atoms with Crippen molar-refractivity contribution in [1.29, 1.82) is 0 Å². The van der Waals surface area contributed by atoms with Gasteiger partial charge in [0.15, 0.2) is 0 Å². The quantitative estimate of drug-likeness (QED) is 0.827. The Hall–Kier alpha value is -2.24. The fraction of sp³-hybridized carbons (Fsp3) is 0.579. The number of amides is 1. The molecule has 0 bridgehead atoms. The van der Waals surface area contributed by atoms with Crippen molar-refractivity contribution in [3.05, 3.63) is 29.8 Å². The van der Waals surface area contributed by atoms with Crippen LogP contribution in [0.15, 0.2) is 29.3 Å². The van der Waals surface area contributed by atoms with Crippen LogP contribution in [0.4, 0.5) is 10.5 Å². The first-order chi connectivity index (χ1) is 11.9. The number of anilines is 1. The molecule has 0 unspecified atom stereocenters. The second kappa shape index (κ2) is 7.33. The zero-order valence-corrected chi connectivity index (χ0v) is 15.3. The van der Waals surface area contributed by atoms with Gasteiger partial charge in [-0.1, -0.05) is 0 Å². The van der Waals surface area contributed by atoms with E-state index in [-0.39, 0.29) is 6.09 Å². The summed E-state index contributed by atoms with van der Waals surface area (Å²) in [5.74, 6) is 0.735. The molecule has 0 atom stereocenters. The second-order valence-electron chi connectivity index (χ2n) is 7.39. The van der Waals surface area contributed by atoms with E-state index in [0.717, 1.165) is 49.7 Å². The van der Waals surface area contributed by atoms with Crippen molar-refractivity contribution in [1.82, 2.24) is 4.90 Å². The summed E-state index contributed by atoms with van der Waals surface area (Å²) in [6.45, 7) is 10.2. The highest BCUT2D eigenvalue weighted by molar-refractivity contribution is 5.95. The number of aliphatic imine (C=N–C) groups is 1. The van der Waals surface area contributed by atoms with Crippen molar-refractivity contribution >= 4 is 17.7 Å². The molecular formula is C19H27N3O3. The van der Waals surface area contributed by atoms with Crippen LogP contribution in [0.5, 0.6) is 0 Å². The van der Waals surface area contributed by atoms with Gasteiger partial charge >= 0.3 is 6.09 Å². The number of hydrogen-bond donors (Lipinski definition) is 0. The molecule has 0 aromatic heterocycles. The third-order valence-corrected chi connectivity index (χ3v) is 4.21. The summed E-state index contributed by atoms with van der Waals surface area (Å²) in [5, 5.41) is 0. The molecule has 6 heteroatoms. The summed E-state index contributed by atoms with van der Waals surface area (Å²) in [7, 11) is 0. The Morgan fingerprint density at radius 3 is 2.52 bits per heavy atom. The van der Waals surface area contributed by atoms with Gasteiger partial charge in [-0.15, -0.1) is 0 Å². The molecule has 25 heavy (non-hydrogen) atoms. The Bertz CT molecular complexity index is 634. The van der Waals surface area contributed by atoms with Gasteiger partial charge in [-0.2, -0.15) is 0 Å². The zero-order valence-electron chi connectivity index (χ0n) is 15.3. The van der Waals surface area contributed by atoms with Crippen LogP contribution in [0.25, 0.3) is 0 Å². The lowest BCUT2D eigenvalue weighted by Gasteiger charge is -2.27. The normalized spacial score (nSPS) is 18.4. The molecule has 6 nitrogen and oxygen atoms in total. The molecule has 2 aliphatic rings. The maximum absolute atomic E-state index is 12.3. The Morgan fingerprint density at radius 2 is 1.88 bits per heavy atom. The van der Waals surface area contributed by atoms with Crippen molar-refractivity contribution in [2.45, 2.75) is 32.8 Å². The third-order valence-electron chi connectivity index (χ3n) is 4.21. The minimum Gasteiger partial charge on any atom is -0.476 e. The second-order valence-corrected chi connectivity index (χ2v) is 7.39. The highest BCUT2D eigenvalue weighted by atomic mass is 16.6. The zero-order chi connectivity index (χ0) is 17.9. The molecule has 0 N–H and O–H groups in total. The molecule has 2 aliphatic heterocycles. The molecule has 2 heterocycles. The van der Waals surface area contributed by atoms with Gasteiger partial charge in [0.1, 0.15) is 12.2 Å². The number of ether oxygens (including phenoxy) is 2. The molecule has 0 aliphatic carbocycles. The number of benzene rings is 1. The molecule has 1 aromatic carbocycles. The van der Waals surface area contributed by atoms with Crippen LogP contribution in [0.3, 0.4) is 0 Å². The summed E-state index contributed by atoms with van der Waals surface area (Å²) < 4.78 is 11.0. The Morgan fingerprint density at radius 1 is 1.12 bits per heavy atom. The highest BCUT2D eigenvalue weighted by Crippen LogP contribution is 2.20. The van der Waals surface area contributed by atoms with Crippen molar-refractivity contribution in [3.63, 3.8) is 0 Å². The van der Waals surface area contributed by atoms with E-state index >= 15 is 0 Å². The molecule has 1 fully saturated rings. The number of rotatable bonds is 2. The van der Waals surface area contributed by atoms with E-state index in [0.29, 0.717) is 13.2 Å². The minimum absolute atomic E-state index is 0.221. The lowest BCUT2D eigenvalue weighted by molar-refractivity contribution is 0.0263. The van der Waals surface area contributed by atoms with Crippen molar-refractivity contribution in [2.24, 2.45) is 4.99 Å². The van der Waals surface area contributed by atoms with Gasteiger partial charge in [0.25, 0.3) is 0 Å². The van der Waals surface area contributed by atoms with Crippen LogP contribution in [0.1, 0.15) is 32.8 Å². The van der Waals surface area contributed by atoms with Crippen LogP contribution in [-0.4, -0.2) is 61.8 Å². The van der Waals surface area contributed by atoms with E-state index in [1.165, 1.54) is 0 Å². The molecular weight excluding hydrogens is 318 g/mol. The van der Waals surface area contributed by atoms with E-state index in [1.807, 2.05) is 20.8 Å². The number of carbonyl (C=O) groups is 1. The SMILES string of the molecule is CC(C)(C)OC(=O)N1CCCN(c2ccc(C3=NCCO3)cc2)CC1. The average molecular weight is 345 g/mol. The number of hydrogen-bond acceptors (Lipinski definition) is 5. The predicted molar refractivity (Wildman–Crippen MR) is 98.4 cm³/mol. The summed E-state index contributed by atoms with van der Waals surface area (Å²) in [5.41, 5.74) is 1.73. The van der Waals surface area contributed by atoms with E-state index in [1.54, 1.807) is 4.90 Å². The molecule has 1 saturated heterocycles. The van der Waals surface area contributed by atoms with Crippen molar-refractivity contribution in [2.75, 3.05) is 44.2 Å². The monoisotopic (exact) mass is 345 g/mol. The van der Waals surface area contributed by atoms with Gasteiger partial charge in [0, 0.05) is 37.4 Å². The van der Waals surface area contributed by atoms with Gasteiger partial charge < -0.3 is 19.3 Å². The summed E-state index contributed by atoms with van der Waals surface area (Å²) >= 11 is 0. The van der Waals surface area contributed by atoms with Crippen LogP contribution >= 0.6 is 0 Å². The van der Waals surface area contributed by atoms with Gasteiger partial charge in [0.05, 0.1) is 6.54 Å². The standard InChI is InChI=1S/C19H27N3O3/c1-19(2,3)25-18(23)22-11-4-10-21(12-13-22)16-7-5-15(6-8-16)17-20-9-14-24-17/h5-8H,4,9-14H2,1-3H3. The minimum atomic E-state index is -0.454. The van der Waals surface area contributed by atoms with Crippen LogP contribution in [0.2, 0.25) is 0 Å². The van der Waals surface area contributed by atoms with Gasteiger partial charge in [-0.05, 0) is 51.5 Å². The molecule has 0 spiro atoms. The molecule has 136 valence electrons. The van der Waals surface area contributed by atoms with Crippen LogP contribution < -0.4 is 4.90 Å². The fourth-order valence-electron chi connectivity index (χ4n) is 3.01. The molecule has 1 amide bonds. The van der Waals surface area contributed by atoms with Crippen LogP contribution in [-0.2, 0) is 9.47 Å². The maximum Gasteiger partial charge on any atom is 0.410 e. The largest absolute Gasteiger partial charge is 0.476 e. The fourth-order valence-corrected chi connectivity index (χ4v) is 3.01. The lowest BCUT2D eigenvalue weighted by atomic mass is 10.2. The topological polar surface area (TPSA) is 54.4 Å². The van der Waals surface area contributed by atoms with Crippen LogP contribution in [0, 0.1) is 0 Å². The highest BCUT2D eigenvalue weighted by Gasteiger charge is 2.24. The van der Waals surface area contributed by atoms with E-state index in [2.05, 4.69) is 34.2 Å². The Kier molecular flexibility index (Phi) is 5.16. The summed E-state index contributed by atoms with van der Waals surface area (Å²) in [4.78, 5) is 20.7. The van der Waals surface area contributed by atoms with Crippen molar-refractivity contribution < 1.29 is 14.3 Å². The van der Waals surface area contributed by atoms with E-state index in [4.69, 9.17) is 9.47 Å². The Labute approximate surface area is 149 Å². The average Bonchev–Trinajstić information content (AvgIpc) is 2.98. The van der Waals surface area contributed by atoms with E-state index < -0.39 is 5.60 Å². The molecule has 3 rings (SSSR count). The number of carbonyl (C=O) groups excluding carboxylic acids is 1. The first kappa shape index (κ1) is 17.6. The lowest BCUT2D eigenvalue weighted by Crippen LogP contribution is -2.39. The predicted octanol–water partition coefficient (Wildman–Crippen LogP) is 2.91. The third kappa shape index (κ3) is 4.65. The van der Waals surface area contributed by atoms with E-state index in [9.17, 15) is 4.79 Å². The number of nitrogens with zero attached hydrogens (tertiary/aromatic N) is 3.